The summed E-state index contributed by atoms with van der Waals surface area (Å²) in [5.74, 6) is 0.391. The smallest absolute Gasteiger partial charge is 0.152 e. The van der Waals surface area contributed by atoms with Crippen LogP contribution in [0.4, 0.5) is 10.2 Å². The molecule has 1 fully saturated rings. The summed E-state index contributed by atoms with van der Waals surface area (Å²) in [7, 11) is -2.93. The summed E-state index contributed by atoms with van der Waals surface area (Å²) in [6.07, 6.45) is 1.56. The predicted octanol–water partition coefficient (Wildman–Crippen LogP) is 3.87. The molecule has 1 aliphatic rings. The zero-order valence-corrected chi connectivity index (χ0v) is 17.2. The molecule has 0 saturated carbocycles. The van der Waals surface area contributed by atoms with E-state index in [4.69, 9.17) is 5.73 Å². The Balaban J connectivity index is 1.60. The first-order chi connectivity index (χ1) is 13.9. The molecule has 0 atom stereocenters. The highest BCUT2D eigenvalue weighted by Gasteiger charge is 2.23. The van der Waals surface area contributed by atoms with Gasteiger partial charge in [0.1, 0.15) is 11.6 Å². The van der Waals surface area contributed by atoms with Crippen molar-refractivity contribution < 1.29 is 12.8 Å². The van der Waals surface area contributed by atoms with Crippen molar-refractivity contribution in [2.24, 2.45) is 0 Å². The molecule has 2 heterocycles. The summed E-state index contributed by atoms with van der Waals surface area (Å²) in [6, 6.07) is 16.3. The molecule has 0 aliphatic carbocycles. The molecule has 1 saturated heterocycles. The van der Waals surface area contributed by atoms with Crippen LogP contribution in [0.1, 0.15) is 0 Å². The summed E-state index contributed by atoms with van der Waals surface area (Å²) in [5, 5.41) is 0. The van der Waals surface area contributed by atoms with Crippen molar-refractivity contribution in [3.8, 4) is 22.3 Å². The van der Waals surface area contributed by atoms with E-state index in [2.05, 4.69) is 4.98 Å². The van der Waals surface area contributed by atoms with Crippen LogP contribution >= 0.6 is 11.9 Å². The minimum atomic E-state index is -2.93. The van der Waals surface area contributed by atoms with Gasteiger partial charge in [-0.15, -0.1) is 0 Å². The Morgan fingerprint density at radius 1 is 0.966 bits per heavy atom. The molecule has 150 valence electrons. The standard InChI is InChI=1S/C21H20FN3O2S2/c22-19-13-15(5-7-17(19)16-6-8-21(23)24-14-16)18-3-1-2-4-20(18)28-25-9-11-29(26,27)12-10-25/h1-8,13-14H,9-12H2,(H2,23,24). The van der Waals surface area contributed by atoms with Gasteiger partial charge in [0.25, 0.3) is 0 Å². The fourth-order valence-electron chi connectivity index (χ4n) is 3.19. The SMILES string of the molecule is Nc1ccc(-c2ccc(-c3ccccc3SN3CCS(=O)(=O)CC3)cc2F)cn1. The molecular formula is C21H20FN3O2S2. The maximum absolute atomic E-state index is 14.9. The van der Waals surface area contributed by atoms with E-state index >= 15 is 0 Å². The Hall–Kier alpha value is -2.42. The number of halogens is 1. The number of nitrogens with two attached hydrogens (primary N) is 1. The highest BCUT2D eigenvalue weighted by atomic mass is 32.2. The normalized spacial score (nSPS) is 16.6. The topological polar surface area (TPSA) is 76.3 Å². The Morgan fingerprint density at radius 2 is 1.69 bits per heavy atom. The van der Waals surface area contributed by atoms with Gasteiger partial charge in [-0.1, -0.05) is 30.3 Å². The number of anilines is 1. The van der Waals surface area contributed by atoms with Gasteiger partial charge in [-0.2, -0.15) is 0 Å². The van der Waals surface area contributed by atoms with Crippen LogP contribution in [0.2, 0.25) is 0 Å². The molecule has 1 aromatic heterocycles. The lowest BCUT2D eigenvalue weighted by atomic mass is 10.0. The van der Waals surface area contributed by atoms with Gasteiger partial charge >= 0.3 is 0 Å². The number of aromatic nitrogens is 1. The second-order valence-corrected chi connectivity index (χ2v) is 10.3. The maximum Gasteiger partial charge on any atom is 0.152 e. The van der Waals surface area contributed by atoms with Crippen LogP contribution in [0.15, 0.2) is 65.7 Å². The minimum Gasteiger partial charge on any atom is -0.384 e. The number of hydrogen-bond donors (Lipinski definition) is 1. The fraction of sp³-hybridized carbons (Fsp3) is 0.190. The average molecular weight is 430 g/mol. The Labute approximate surface area is 173 Å². The summed E-state index contributed by atoms with van der Waals surface area (Å²) in [6.45, 7) is 0.970. The van der Waals surface area contributed by atoms with Gasteiger partial charge in [-0.3, -0.25) is 0 Å². The first-order valence-electron chi connectivity index (χ1n) is 9.15. The quantitative estimate of drug-likeness (QED) is 0.635. The lowest BCUT2D eigenvalue weighted by Gasteiger charge is -2.26. The Morgan fingerprint density at radius 3 is 2.38 bits per heavy atom. The lowest BCUT2D eigenvalue weighted by molar-refractivity contribution is 0.489. The summed E-state index contributed by atoms with van der Waals surface area (Å²) < 4.78 is 40.2. The van der Waals surface area contributed by atoms with E-state index in [1.165, 1.54) is 18.0 Å². The Bertz CT molecular complexity index is 1120. The number of nitrogen functional groups attached to an aromatic ring is 1. The van der Waals surface area contributed by atoms with E-state index in [0.717, 1.165) is 16.0 Å². The summed E-state index contributed by atoms with van der Waals surface area (Å²) in [5.41, 5.74) is 8.41. The van der Waals surface area contributed by atoms with E-state index in [9.17, 15) is 12.8 Å². The van der Waals surface area contributed by atoms with Gasteiger partial charge in [0, 0.05) is 35.3 Å². The van der Waals surface area contributed by atoms with Crippen LogP contribution in [-0.2, 0) is 9.84 Å². The van der Waals surface area contributed by atoms with Crippen molar-refractivity contribution in [1.82, 2.24) is 9.29 Å². The zero-order chi connectivity index (χ0) is 20.4. The largest absolute Gasteiger partial charge is 0.384 e. The molecule has 0 spiro atoms. The number of pyridine rings is 1. The van der Waals surface area contributed by atoms with Crippen molar-refractivity contribution in [2.75, 3.05) is 30.3 Å². The first kappa shape index (κ1) is 19.9. The number of rotatable bonds is 4. The van der Waals surface area contributed by atoms with Crippen molar-refractivity contribution in [3.05, 3.63) is 66.6 Å². The number of sulfone groups is 1. The second kappa shape index (κ2) is 8.14. The highest BCUT2D eigenvalue weighted by Crippen LogP contribution is 2.35. The van der Waals surface area contributed by atoms with Crippen molar-refractivity contribution in [2.45, 2.75) is 4.90 Å². The van der Waals surface area contributed by atoms with Crippen LogP contribution in [-0.4, -0.2) is 42.3 Å². The van der Waals surface area contributed by atoms with Gasteiger partial charge in [0.05, 0.1) is 11.5 Å². The van der Waals surface area contributed by atoms with Gasteiger partial charge in [0.15, 0.2) is 9.84 Å². The van der Waals surface area contributed by atoms with Gasteiger partial charge in [-0.25, -0.2) is 22.1 Å². The third-order valence-corrected chi connectivity index (χ3v) is 7.58. The number of nitrogens with zero attached hydrogens (tertiary/aromatic N) is 2. The van der Waals surface area contributed by atoms with Crippen molar-refractivity contribution in [1.29, 1.82) is 0 Å². The van der Waals surface area contributed by atoms with E-state index in [1.807, 2.05) is 34.6 Å². The average Bonchev–Trinajstić information content (AvgIpc) is 2.71. The molecule has 2 N–H and O–H groups in total. The van der Waals surface area contributed by atoms with Crippen LogP contribution < -0.4 is 5.73 Å². The molecule has 4 rings (SSSR count). The number of hydrogen-bond acceptors (Lipinski definition) is 6. The summed E-state index contributed by atoms with van der Waals surface area (Å²) in [4.78, 5) is 4.99. The zero-order valence-electron chi connectivity index (χ0n) is 15.6. The van der Waals surface area contributed by atoms with Crippen molar-refractivity contribution >= 4 is 27.6 Å². The monoisotopic (exact) mass is 429 g/mol. The molecule has 0 amide bonds. The van der Waals surface area contributed by atoms with Crippen LogP contribution in [0.3, 0.4) is 0 Å². The second-order valence-electron chi connectivity index (χ2n) is 6.83. The molecule has 0 bridgehead atoms. The van der Waals surface area contributed by atoms with E-state index in [-0.39, 0.29) is 17.3 Å². The van der Waals surface area contributed by atoms with E-state index < -0.39 is 9.84 Å². The Kier molecular flexibility index (Phi) is 5.58. The first-order valence-corrected chi connectivity index (χ1v) is 11.7. The molecule has 2 aromatic carbocycles. The molecule has 5 nitrogen and oxygen atoms in total. The van der Waals surface area contributed by atoms with Crippen LogP contribution in [0.25, 0.3) is 22.3 Å². The number of benzene rings is 2. The molecule has 29 heavy (non-hydrogen) atoms. The third kappa shape index (κ3) is 4.60. The van der Waals surface area contributed by atoms with Gasteiger partial charge < -0.3 is 5.73 Å². The van der Waals surface area contributed by atoms with Gasteiger partial charge in [-0.05, 0) is 47.3 Å². The highest BCUT2D eigenvalue weighted by molar-refractivity contribution is 7.97. The predicted molar refractivity (Wildman–Crippen MR) is 116 cm³/mol. The van der Waals surface area contributed by atoms with Crippen molar-refractivity contribution in [3.63, 3.8) is 0 Å². The molecule has 0 unspecified atom stereocenters. The van der Waals surface area contributed by atoms with E-state index in [1.54, 1.807) is 24.4 Å². The van der Waals surface area contributed by atoms with Crippen LogP contribution in [0.5, 0.6) is 0 Å². The van der Waals surface area contributed by atoms with E-state index in [0.29, 0.717) is 30.0 Å². The van der Waals surface area contributed by atoms with Gasteiger partial charge in [0.2, 0.25) is 0 Å². The summed E-state index contributed by atoms with van der Waals surface area (Å²) >= 11 is 1.52. The molecule has 3 aromatic rings. The third-order valence-electron chi connectivity index (χ3n) is 4.80. The molecular weight excluding hydrogens is 409 g/mol. The molecule has 8 heteroatoms. The fourth-order valence-corrected chi connectivity index (χ4v) is 5.69. The lowest BCUT2D eigenvalue weighted by Crippen LogP contribution is -2.36. The minimum absolute atomic E-state index is 0.168. The van der Waals surface area contributed by atoms with Crippen LogP contribution in [0, 0.1) is 5.82 Å². The maximum atomic E-state index is 14.9. The molecule has 1 aliphatic heterocycles. The molecule has 0 radical (unpaired) electrons.